The molecule has 0 aromatic carbocycles. The second-order valence-electron chi connectivity index (χ2n) is 6.27. The van der Waals surface area contributed by atoms with Gasteiger partial charge in [-0.1, -0.05) is 27.2 Å². The summed E-state index contributed by atoms with van der Waals surface area (Å²) >= 11 is 0. The summed E-state index contributed by atoms with van der Waals surface area (Å²) in [5.74, 6) is 0. The van der Waals surface area contributed by atoms with Crippen molar-refractivity contribution in [2.24, 2.45) is 0 Å². The van der Waals surface area contributed by atoms with E-state index >= 15 is 0 Å². The van der Waals surface area contributed by atoms with Crippen molar-refractivity contribution < 1.29 is 4.74 Å². The summed E-state index contributed by atoms with van der Waals surface area (Å²) in [5.41, 5.74) is 0. The van der Waals surface area contributed by atoms with Crippen LogP contribution in [0.5, 0.6) is 0 Å². The van der Waals surface area contributed by atoms with Crippen LogP contribution in [0.1, 0.15) is 66.2 Å². The van der Waals surface area contributed by atoms with Gasteiger partial charge in [-0.25, -0.2) is 0 Å². The van der Waals surface area contributed by atoms with Gasteiger partial charge in [0.05, 0.1) is 12.2 Å². The lowest BCUT2D eigenvalue weighted by Gasteiger charge is -2.30. The van der Waals surface area contributed by atoms with E-state index in [1.807, 2.05) is 0 Å². The van der Waals surface area contributed by atoms with Crippen molar-refractivity contribution in [1.29, 1.82) is 0 Å². The molecule has 1 aliphatic rings. The number of ether oxygens (including phenoxy) is 1. The van der Waals surface area contributed by atoms with Crippen molar-refractivity contribution in [3.8, 4) is 0 Å². The van der Waals surface area contributed by atoms with Gasteiger partial charge in [0.25, 0.3) is 0 Å². The molecule has 1 heterocycles. The number of rotatable bonds is 11. The fourth-order valence-corrected chi connectivity index (χ4v) is 2.88. The molecular weight excluding hydrogens is 248 g/mol. The second kappa shape index (κ2) is 10.6. The summed E-state index contributed by atoms with van der Waals surface area (Å²) in [5, 5.41) is 3.48. The van der Waals surface area contributed by atoms with Crippen molar-refractivity contribution in [3.05, 3.63) is 0 Å². The predicted molar refractivity (Wildman–Crippen MR) is 87.3 cm³/mol. The molecule has 0 aromatic heterocycles. The van der Waals surface area contributed by atoms with E-state index in [4.69, 9.17) is 4.74 Å². The fraction of sp³-hybridized carbons (Fsp3) is 1.00. The molecule has 1 aliphatic heterocycles. The molecule has 0 radical (unpaired) electrons. The third-order valence-corrected chi connectivity index (χ3v) is 4.45. The predicted octanol–water partition coefficient (Wildman–Crippen LogP) is 3.43. The molecule has 20 heavy (non-hydrogen) atoms. The minimum absolute atomic E-state index is 0.441. The molecule has 3 nitrogen and oxygen atoms in total. The largest absolute Gasteiger partial charge is 0.372 e. The van der Waals surface area contributed by atoms with Gasteiger partial charge in [0, 0.05) is 19.1 Å². The van der Waals surface area contributed by atoms with Crippen LogP contribution < -0.4 is 5.32 Å². The normalized spacial score (nSPS) is 24.4. The van der Waals surface area contributed by atoms with Crippen LogP contribution in [0.25, 0.3) is 0 Å². The molecule has 0 spiro atoms. The molecule has 1 fully saturated rings. The Labute approximate surface area is 126 Å². The van der Waals surface area contributed by atoms with Crippen LogP contribution in [-0.4, -0.2) is 49.3 Å². The van der Waals surface area contributed by atoms with Gasteiger partial charge in [0.15, 0.2) is 0 Å². The third-order valence-electron chi connectivity index (χ3n) is 4.45. The zero-order chi connectivity index (χ0) is 14.8. The number of unbranched alkanes of at least 4 members (excludes halogenated alkanes) is 1. The smallest absolute Gasteiger partial charge is 0.0707 e. The van der Waals surface area contributed by atoms with Gasteiger partial charge >= 0.3 is 0 Å². The van der Waals surface area contributed by atoms with Crippen LogP contribution >= 0.6 is 0 Å². The van der Waals surface area contributed by atoms with Gasteiger partial charge in [0.2, 0.25) is 0 Å². The highest BCUT2D eigenvalue weighted by molar-refractivity contribution is 4.79. The van der Waals surface area contributed by atoms with Crippen LogP contribution in [-0.2, 0) is 4.74 Å². The average molecular weight is 284 g/mol. The van der Waals surface area contributed by atoms with Crippen molar-refractivity contribution >= 4 is 0 Å². The minimum atomic E-state index is 0.441. The molecule has 0 bridgehead atoms. The van der Waals surface area contributed by atoms with E-state index in [0.717, 1.165) is 19.6 Å². The summed E-state index contributed by atoms with van der Waals surface area (Å²) in [6, 6.07) is 0.683. The third kappa shape index (κ3) is 6.55. The SMILES string of the molecule is CCCCN(CC1CCC(CNCCC)O1)C(C)CC. The maximum absolute atomic E-state index is 6.21. The zero-order valence-corrected chi connectivity index (χ0v) is 14.2. The molecule has 3 heteroatoms. The quantitative estimate of drug-likeness (QED) is 0.588. The number of nitrogens with one attached hydrogen (secondary N) is 1. The Morgan fingerprint density at radius 1 is 1.15 bits per heavy atom. The van der Waals surface area contributed by atoms with Crippen molar-refractivity contribution in [3.63, 3.8) is 0 Å². The number of hydrogen-bond acceptors (Lipinski definition) is 3. The first-order valence-corrected chi connectivity index (χ1v) is 8.81. The van der Waals surface area contributed by atoms with Crippen LogP contribution in [0.4, 0.5) is 0 Å². The van der Waals surface area contributed by atoms with Gasteiger partial charge in [-0.3, -0.25) is 4.90 Å². The van der Waals surface area contributed by atoms with Crippen LogP contribution in [0.2, 0.25) is 0 Å². The number of nitrogens with zero attached hydrogens (tertiary/aromatic N) is 1. The monoisotopic (exact) mass is 284 g/mol. The molecule has 1 rings (SSSR count). The van der Waals surface area contributed by atoms with E-state index in [-0.39, 0.29) is 0 Å². The Bertz CT molecular complexity index is 235. The minimum Gasteiger partial charge on any atom is -0.372 e. The van der Waals surface area contributed by atoms with E-state index in [1.54, 1.807) is 0 Å². The van der Waals surface area contributed by atoms with Crippen LogP contribution in [0.3, 0.4) is 0 Å². The summed E-state index contributed by atoms with van der Waals surface area (Å²) in [6.45, 7) is 13.6. The Hall–Kier alpha value is -0.120. The maximum atomic E-state index is 6.21. The standard InChI is InChI=1S/C17H36N2O/c1-5-8-12-19(15(4)7-3)14-17-10-9-16(20-17)13-18-11-6-2/h15-18H,5-14H2,1-4H3. The molecular formula is C17H36N2O. The highest BCUT2D eigenvalue weighted by atomic mass is 16.5. The summed E-state index contributed by atoms with van der Waals surface area (Å²) < 4.78 is 6.21. The summed E-state index contributed by atoms with van der Waals surface area (Å²) in [7, 11) is 0. The topological polar surface area (TPSA) is 24.5 Å². The molecule has 3 unspecified atom stereocenters. The lowest BCUT2D eigenvalue weighted by molar-refractivity contribution is 0.0152. The molecule has 0 aliphatic carbocycles. The van der Waals surface area contributed by atoms with Gasteiger partial charge in [-0.05, 0) is 52.1 Å². The van der Waals surface area contributed by atoms with Gasteiger partial charge < -0.3 is 10.1 Å². The van der Waals surface area contributed by atoms with Crippen LogP contribution in [0.15, 0.2) is 0 Å². The molecule has 0 aromatic rings. The Kier molecular flexibility index (Phi) is 9.49. The lowest BCUT2D eigenvalue weighted by atomic mass is 10.1. The van der Waals surface area contributed by atoms with Crippen LogP contribution in [0, 0.1) is 0 Å². The lowest BCUT2D eigenvalue weighted by Crippen LogP contribution is -2.40. The zero-order valence-electron chi connectivity index (χ0n) is 14.2. The Morgan fingerprint density at radius 3 is 2.55 bits per heavy atom. The molecule has 3 atom stereocenters. The average Bonchev–Trinajstić information content (AvgIpc) is 2.90. The van der Waals surface area contributed by atoms with E-state index < -0.39 is 0 Å². The Morgan fingerprint density at radius 2 is 1.90 bits per heavy atom. The highest BCUT2D eigenvalue weighted by Gasteiger charge is 2.27. The molecule has 0 amide bonds. The van der Waals surface area contributed by atoms with E-state index in [1.165, 1.54) is 45.1 Å². The van der Waals surface area contributed by atoms with Crippen molar-refractivity contribution in [2.45, 2.75) is 84.5 Å². The molecule has 1 saturated heterocycles. The van der Waals surface area contributed by atoms with Crippen molar-refractivity contribution in [2.75, 3.05) is 26.2 Å². The first-order chi connectivity index (χ1) is 9.71. The molecule has 1 N–H and O–H groups in total. The highest BCUT2D eigenvalue weighted by Crippen LogP contribution is 2.21. The molecule has 120 valence electrons. The van der Waals surface area contributed by atoms with Crippen molar-refractivity contribution in [1.82, 2.24) is 10.2 Å². The second-order valence-corrected chi connectivity index (χ2v) is 6.27. The number of hydrogen-bond donors (Lipinski definition) is 1. The van der Waals surface area contributed by atoms with E-state index in [9.17, 15) is 0 Å². The summed E-state index contributed by atoms with van der Waals surface area (Å²) in [4.78, 5) is 2.63. The first kappa shape index (κ1) is 17.9. The first-order valence-electron chi connectivity index (χ1n) is 8.81. The summed E-state index contributed by atoms with van der Waals surface area (Å²) in [6.07, 6.45) is 8.37. The Balaban J connectivity index is 2.30. The fourth-order valence-electron chi connectivity index (χ4n) is 2.88. The van der Waals surface area contributed by atoms with E-state index in [2.05, 4.69) is 37.9 Å². The molecule has 0 saturated carbocycles. The van der Waals surface area contributed by atoms with Gasteiger partial charge in [-0.2, -0.15) is 0 Å². The van der Waals surface area contributed by atoms with Gasteiger partial charge in [-0.15, -0.1) is 0 Å². The van der Waals surface area contributed by atoms with E-state index in [0.29, 0.717) is 18.2 Å². The maximum Gasteiger partial charge on any atom is 0.0707 e. The van der Waals surface area contributed by atoms with Gasteiger partial charge in [0.1, 0.15) is 0 Å².